The smallest absolute Gasteiger partial charge is 0.355 e. The van der Waals surface area contributed by atoms with Gasteiger partial charge in [0.15, 0.2) is 5.78 Å². The van der Waals surface area contributed by atoms with Gasteiger partial charge in [-0.2, -0.15) is 13.2 Å². The predicted octanol–water partition coefficient (Wildman–Crippen LogP) is 5.16. The second-order valence-electron chi connectivity index (χ2n) is 10.0. The summed E-state index contributed by atoms with van der Waals surface area (Å²) in [5, 5.41) is 8.30. The van der Waals surface area contributed by atoms with E-state index in [1.165, 1.54) is 42.1 Å². The minimum atomic E-state index is -4.81. The molecule has 0 saturated carbocycles. The summed E-state index contributed by atoms with van der Waals surface area (Å²) in [5.41, 5.74) is -0.248. The summed E-state index contributed by atoms with van der Waals surface area (Å²) in [6.07, 6.45) is -3.52. The van der Waals surface area contributed by atoms with Gasteiger partial charge in [0.2, 0.25) is 0 Å². The van der Waals surface area contributed by atoms with Gasteiger partial charge < -0.3 is 16.0 Å². The number of alkyl halides is 3. The number of hydrogen-bond donors (Lipinski definition) is 3. The number of hydrogen-bond acceptors (Lipinski definition) is 6. The van der Waals surface area contributed by atoms with Gasteiger partial charge in [-0.1, -0.05) is 12.6 Å². The van der Waals surface area contributed by atoms with Crippen molar-refractivity contribution >= 4 is 17.4 Å². The average molecular weight is 608 g/mol. The van der Waals surface area contributed by atoms with Gasteiger partial charge in [-0.3, -0.25) is 19.0 Å². The third kappa shape index (κ3) is 7.09. The van der Waals surface area contributed by atoms with Crippen LogP contribution >= 0.6 is 0 Å². The number of aryl methyl sites for hydroxylation is 1. The molecule has 4 aromatic rings. The van der Waals surface area contributed by atoms with E-state index in [2.05, 4.69) is 27.5 Å². The summed E-state index contributed by atoms with van der Waals surface area (Å²) in [5.74, 6) is -1.65. The first-order valence-corrected chi connectivity index (χ1v) is 13.4. The summed E-state index contributed by atoms with van der Waals surface area (Å²) in [6.45, 7) is 5.50. The second kappa shape index (κ2) is 13.0. The first kappa shape index (κ1) is 31.8. The van der Waals surface area contributed by atoms with E-state index >= 15 is 0 Å². The molecule has 1 amide bonds. The molecule has 0 spiro atoms. The Bertz CT molecular complexity index is 1800. The maximum absolute atomic E-state index is 14.0. The van der Waals surface area contributed by atoms with Crippen LogP contribution in [0, 0.1) is 12.7 Å². The normalized spacial score (nSPS) is 11.2. The molecular weight excluding hydrogens is 578 g/mol. The van der Waals surface area contributed by atoms with Crippen LogP contribution in [0.25, 0.3) is 11.4 Å². The first-order valence-electron chi connectivity index (χ1n) is 13.4. The van der Waals surface area contributed by atoms with Crippen molar-refractivity contribution in [2.75, 3.05) is 26.0 Å². The Labute approximate surface area is 250 Å². The van der Waals surface area contributed by atoms with Gasteiger partial charge in [0.1, 0.15) is 17.3 Å². The van der Waals surface area contributed by atoms with Gasteiger partial charge in [0, 0.05) is 41.5 Å². The van der Waals surface area contributed by atoms with Crippen molar-refractivity contribution in [3.63, 3.8) is 0 Å². The third-order valence-electron chi connectivity index (χ3n) is 6.75. The Hall–Kier alpha value is -5.10. The number of carbonyl (C=O) groups is 2. The minimum Gasteiger partial charge on any atom is -0.355 e. The molecule has 0 aliphatic rings. The van der Waals surface area contributed by atoms with E-state index in [0.29, 0.717) is 29.4 Å². The Kier molecular flexibility index (Phi) is 9.43. The average Bonchev–Trinajstić information content (AvgIpc) is 2.99. The molecule has 3 N–H and O–H groups in total. The van der Waals surface area contributed by atoms with Crippen molar-refractivity contribution in [3.05, 3.63) is 129 Å². The molecule has 0 saturated heterocycles. The fourth-order valence-corrected chi connectivity index (χ4v) is 4.56. The molecule has 0 aliphatic carbocycles. The zero-order chi connectivity index (χ0) is 32.2. The molecule has 0 radical (unpaired) electrons. The maximum atomic E-state index is 14.0. The number of halogens is 4. The number of carbonyl (C=O) groups excluding carboxylic acids is 2. The molecule has 44 heavy (non-hydrogen) atoms. The zero-order valence-corrected chi connectivity index (χ0v) is 24.1. The van der Waals surface area contributed by atoms with Crippen LogP contribution in [0.15, 0.2) is 83.9 Å². The van der Waals surface area contributed by atoms with Crippen LogP contribution < -0.4 is 21.5 Å². The van der Waals surface area contributed by atoms with Crippen LogP contribution in [0.3, 0.4) is 0 Å². The third-order valence-corrected chi connectivity index (χ3v) is 6.75. The molecule has 1 aromatic heterocycles. The molecule has 4 rings (SSSR count). The molecule has 0 aliphatic heterocycles. The number of likely N-dealkylation sites (N-methyl/N-ethyl adjacent to an activating group) is 1. The van der Waals surface area contributed by atoms with Crippen molar-refractivity contribution in [1.29, 1.82) is 0 Å². The number of nitrogens with zero attached hydrogens (tertiary/aromatic N) is 2. The molecule has 0 fully saturated rings. The van der Waals surface area contributed by atoms with E-state index in [9.17, 15) is 31.9 Å². The zero-order valence-electron chi connectivity index (χ0n) is 24.1. The first-order chi connectivity index (χ1) is 20.8. The van der Waals surface area contributed by atoms with E-state index in [1.807, 2.05) is 0 Å². The molecule has 1 heterocycles. The fourth-order valence-electron chi connectivity index (χ4n) is 4.56. The van der Waals surface area contributed by atoms with Crippen LogP contribution in [0.4, 0.5) is 23.2 Å². The topological polar surface area (TPSA) is 105 Å². The van der Waals surface area contributed by atoms with E-state index in [-0.39, 0.29) is 39.7 Å². The highest BCUT2D eigenvalue weighted by molar-refractivity contribution is 6.09. The van der Waals surface area contributed by atoms with Gasteiger partial charge in [0.25, 0.3) is 11.5 Å². The molecule has 228 valence electrons. The highest BCUT2D eigenvalue weighted by Gasteiger charge is 2.32. The quantitative estimate of drug-likeness (QED) is 0.170. The highest BCUT2D eigenvalue weighted by atomic mass is 19.4. The maximum Gasteiger partial charge on any atom is 0.416 e. The standard InChI is InChI=1S/C32H29F4N5O3/c1-18-5-6-22(30(43)38-4)14-26(18)29-39-16-27(40-19(2)15-37-3)31(44)41(29)17-20-11-23(13-24(12-20)32(34,35)36)28(42)21-7-9-25(33)10-8-21/h5-14,16,37,40H,2,15,17H2,1,3-4H3,(H,38,43). The number of benzene rings is 3. The summed E-state index contributed by atoms with van der Waals surface area (Å²) in [6, 6.07) is 12.1. The Morgan fingerprint density at radius 2 is 1.64 bits per heavy atom. The lowest BCUT2D eigenvalue weighted by Crippen LogP contribution is -2.28. The van der Waals surface area contributed by atoms with Crippen LogP contribution in [-0.2, 0) is 12.7 Å². The van der Waals surface area contributed by atoms with Crippen molar-refractivity contribution in [2.24, 2.45) is 0 Å². The number of ketones is 1. The van der Waals surface area contributed by atoms with Crippen LogP contribution in [0.2, 0.25) is 0 Å². The number of nitrogens with one attached hydrogen (secondary N) is 3. The fraction of sp³-hybridized carbons (Fsp3) is 0.188. The van der Waals surface area contributed by atoms with E-state index in [0.717, 1.165) is 18.2 Å². The van der Waals surface area contributed by atoms with Crippen molar-refractivity contribution < 1.29 is 27.2 Å². The summed E-state index contributed by atoms with van der Waals surface area (Å²) >= 11 is 0. The highest BCUT2D eigenvalue weighted by Crippen LogP contribution is 2.32. The number of rotatable bonds is 10. The molecule has 12 heteroatoms. The minimum absolute atomic E-state index is 0.00733. The largest absolute Gasteiger partial charge is 0.416 e. The van der Waals surface area contributed by atoms with Crippen molar-refractivity contribution in [3.8, 4) is 11.4 Å². The molecular formula is C32H29F4N5O3. The Morgan fingerprint density at radius 3 is 2.27 bits per heavy atom. The van der Waals surface area contributed by atoms with E-state index < -0.39 is 35.4 Å². The van der Waals surface area contributed by atoms with Crippen molar-refractivity contribution in [2.45, 2.75) is 19.6 Å². The van der Waals surface area contributed by atoms with Crippen LogP contribution in [0.1, 0.15) is 43.0 Å². The predicted molar refractivity (Wildman–Crippen MR) is 159 cm³/mol. The van der Waals surface area contributed by atoms with Gasteiger partial charge in [0.05, 0.1) is 18.3 Å². The van der Waals surface area contributed by atoms with Gasteiger partial charge in [-0.05, 0) is 79.7 Å². The van der Waals surface area contributed by atoms with Crippen LogP contribution in [0.5, 0.6) is 0 Å². The molecule has 0 atom stereocenters. The Morgan fingerprint density at radius 1 is 0.955 bits per heavy atom. The molecule has 3 aromatic carbocycles. The monoisotopic (exact) mass is 607 g/mol. The lowest BCUT2D eigenvalue weighted by Gasteiger charge is -2.18. The Balaban J connectivity index is 1.91. The number of amides is 1. The molecule has 0 unspecified atom stereocenters. The lowest BCUT2D eigenvalue weighted by molar-refractivity contribution is -0.137. The van der Waals surface area contributed by atoms with Gasteiger partial charge >= 0.3 is 6.18 Å². The summed E-state index contributed by atoms with van der Waals surface area (Å²) < 4.78 is 56.6. The van der Waals surface area contributed by atoms with Gasteiger partial charge in [-0.15, -0.1) is 0 Å². The number of anilines is 1. The van der Waals surface area contributed by atoms with Crippen molar-refractivity contribution in [1.82, 2.24) is 20.2 Å². The summed E-state index contributed by atoms with van der Waals surface area (Å²) in [7, 11) is 3.15. The van der Waals surface area contributed by atoms with E-state index in [1.54, 1.807) is 26.1 Å². The van der Waals surface area contributed by atoms with E-state index in [4.69, 9.17) is 0 Å². The SMILES string of the molecule is C=C(CNC)Nc1cnc(-c2cc(C(=O)NC)ccc2C)n(Cc2cc(C(=O)c3ccc(F)cc3)cc(C(F)(F)F)c2)c1=O. The number of aromatic nitrogens is 2. The summed E-state index contributed by atoms with van der Waals surface area (Å²) in [4.78, 5) is 43.9. The molecule has 8 nitrogen and oxygen atoms in total. The second-order valence-corrected chi connectivity index (χ2v) is 10.0. The van der Waals surface area contributed by atoms with Gasteiger partial charge in [-0.25, -0.2) is 9.37 Å². The van der Waals surface area contributed by atoms with Crippen LogP contribution in [-0.4, -0.2) is 41.9 Å². The molecule has 0 bridgehead atoms. The lowest BCUT2D eigenvalue weighted by atomic mass is 9.98.